The van der Waals surface area contributed by atoms with Crippen molar-refractivity contribution in [2.24, 2.45) is 0 Å². The van der Waals surface area contributed by atoms with Gasteiger partial charge in [-0.1, -0.05) is 75.4 Å². The van der Waals surface area contributed by atoms with E-state index in [1.54, 1.807) is 7.11 Å². The first-order chi connectivity index (χ1) is 18.2. The molecule has 0 bridgehead atoms. The first-order valence-electron chi connectivity index (χ1n) is 13.6. The van der Waals surface area contributed by atoms with Crippen LogP contribution in [0.15, 0.2) is 78.9 Å². The van der Waals surface area contributed by atoms with Crippen LogP contribution in [0.5, 0.6) is 5.75 Å². The lowest BCUT2D eigenvalue weighted by atomic mass is 9.92. The van der Waals surface area contributed by atoms with Gasteiger partial charge in [-0.3, -0.25) is 0 Å². The number of hydrogen-bond donors (Lipinski definition) is 1. The van der Waals surface area contributed by atoms with E-state index in [2.05, 4.69) is 106 Å². The van der Waals surface area contributed by atoms with E-state index in [9.17, 15) is 0 Å². The molecular weight excluding hydrogens is 490 g/mol. The average molecular weight is 534 g/mol. The van der Waals surface area contributed by atoms with Crippen LogP contribution in [-0.2, 0) is 20.3 Å². The third-order valence-electron chi connectivity index (χ3n) is 7.81. The molecule has 6 heteroatoms. The van der Waals surface area contributed by atoms with Crippen LogP contribution in [0.3, 0.4) is 0 Å². The standard InChI is InChI=1S/C32H43NO4Si/c1-32(2,3)38(5,6)36-23-28-20-21-35-30(37-28)22-25-14-10-11-15-29(25)31(24-12-8-7-9-13-24)33-26-16-18-27(34-4)19-17-26/h7-19,28,30-31,33H,20-23H2,1-6H3/t28-,30?,31-/m0/s1. The lowest BCUT2D eigenvalue weighted by molar-refractivity contribution is -0.217. The number of ether oxygens (including phenoxy) is 3. The third-order valence-corrected chi connectivity index (χ3v) is 12.3. The summed E-state index contributed by atoms with van der Waals surface area (Å²) in [5.74, 6) is 0.839. The molecule has 0 saturated carbocycles. The fourth-order valence-corrected chi connectivity index (χ4v) is 5.46. The molecule has 1 aliphatic heterocycles. The van der Waals surface area contributed by atoms with Crippen molar-refractivity contribution >= 4 is 14.0 Å². The summed E-state index contributed by atoms with van der Waals surface area (Å²) in [6.45, 7) is 12.7. The number of rotatable bonds is 10. The number of anilines is 1. The Morgan fingerprint density at radius 2 is 1.63 bits per heavy atom. The minimum atomic E-state index is -1.83. The normalized spacial score (nSPS) is 19.1. The molecular formula is C32H43NO4Si. The molecule has 1 aliphatic rings. The number of hydrogen-bond acceptors (Lipinski definition) is 5. The summed E-state index contributed by atoms with van der Waals surface area (Å²) in [7, 11) is -0.141. The molecule has 1 fully saturated rings. The van der Waals surface area contributed by atoms with E-state index >= 15 is 0 Å². The van der Waals surface area contributed by atoms with E-state index in [1.165, 1.54) is 16.7 Å². The Bertz CT molecular complexity index is 1140. The van der Waals surface area contributed by atoms with Crippen LogP contribution in [0.1, 0.15) is 49.9 Å². The molecule has 1 heterocycles. The minimum Gasteiger partial charge on any atom is -0.497 e. The predicted octanol–water partition coefficient (Wildman–Crippen LogP) is 7.59. The Kier molecular flexibility index (Phi) is 9.31. The largest absolute Gasteiger partial charge is 0.497 e. The Morgan fingerprint density at radius 1 is 0.947 bits per heavy atom. The highest BCUT2D eigenvalue weighted by atomic mass is 28.4. The quantitative estimate of drug-likeness (QED) is 0.272. The Hall–Kier alpha value is -2.64. The van der Waals surface area contributed by atoms with Gasteiger partial charge < -0.3 is 24.0 Å². The lowest BCUT2D eigenvalue weighted by Crippen LogP contribution is -2.45. The zero-order valence-electron chi connectivity index (χ0n) is 23.7. The summed E-state index contributed by atoms with van der Waals surface area (Å²) in [6.07, 6.45) is 1.30. The summed E-state index contributed by atoms with van der Waals surface area (Å²) in [6, 6.07) is 27.2. The highest BCUT2D eigenvalue weighted by Crippen LogP contribution is 2.37. The first kappa shape index (κ1) is 28.4. The average Bonchev–Trinajstić information content (AvgIpc) is 2.91. The van der Waals surface area contributed by atoms with Gasteiger partial charge in [-0.15, -0.1) is 0 Å². The van der Waals surface area contributed by atoms with Crippen LogP contribution in [0.4, 0.5) is 5.69 Å². The molecule has 3 aromatic rings. The van der Waals surface area contributed by atoms with Crippen LogP contribution < -0.4 is 10.1 Å². The second kappa shape index (κ2) is 12.5. The van der Waals surface area contributed by atoms with Crippen molar-refractivity contribution in [1.82, 2.24) is 0 Å². The fourth-order valence-electron chi connectivity index (χ4n) is 4.42. The van der Waals surface area contributed by atoms with Gasteiger partial charge >= 0.3 is 0 Å². The van der Waals surface area contributed by atoms with Crippen LogP contribution in [0, 0.1) is 0 Å². The molecule has 4 rings (SSSR count). The van der Waals surface area contributed by atoms with Crippen molar-refractivity contribution in [3.8, 4) is 5.75 Å². The first-order valence-corrected chi connectivity index (χ1v) is 16.5. The van der Waals surface area contributed by atoms with E-state index in [0.29, 0.717) is 19.6 Å². The Balaban J connectivity index is 1.52. The molecule has 0 aliphatic carbocycles. The van der Waals surface area contributed by atoms with E-state index < -0.39 is 8.32 Å². The fraction of sp³-hybridized carbons (Fsp3) is 0.438. The Morgan fingerprint density at radius 3 is 2.32 bits per heavy atom. The zero-order valence-corrected chi connectivity index (χ0v) is 24.7. The summed E-state index contributed by atoms with van der Waals surface area (Å²) in [5.41, 5.74) is 4.64. The molecule has 0 amide bonds. The molecule has 1 saturated heterocycles. The third kappa shape index (κ3) is 7.26. The monoisotopic (exact) mass is 533 g/mol. The highest BCUT2D eigenvalue weighted by Gasteiger charge is 2.38. The van der Waals surface area contributed by atoms with Crippen LogP contribution in [0.2, 0.25) is 18.1 Å². The second-order valence-electron chi connectivity index (χ2n) is 11.5. The van der Waals surface area contributed by atoms with Crippen LogP contribution >= 0.6 is 0 Å². The Labute approximate surface area is 229 Å². The van der Waals surface area contributed by atoms with Crippen molar-refractivity contribution in [1.29, 1.82) is 0 Å². The second-order valence-corrected chi connectivity index (χ2v) is 16.3. The van der Waals surface area contributed by atoms with Crippen LogP contribution in [0.25, 0.3) is 0 Å². The molecule has 1 N–H and O–H groups in total. The van der Waals surface area contributed by atoms with Crippen molar-refractivity contribution < 1.29 is 18.6 Å². The molecule has 0 spiro atoms. The molecule has 5 nitrogen and oxygen atoms in total. The smallest absolute Gasteiger partial charge is 0.192 e. The van der Waals surface area contributed by atoms with Gasteiger partial charge in [-0.2, -0.15) is 0 Å². The van der Waals surface area contributed by atoms with Crippen molar-refractivity contribution in [3.63, 3.8) is 0 Å². The van der Waals surface area contributed by atoms with Gasteiger partial charge in [0.25, 0.3) is 0 Å². The molecule has 3 aromatic carbocycles. The molecule has 1 unspecified atom stereocenters. The highest BCUT2D eigenvalue weighted by molar-refractivity contribution is 6.74. The summed E-state index contributed by atoms with van der Waals surface area (Å²) in [4.78, 5) is 0. The van der Waals surface area contributed by atoms with Gasteiger partial charge in [0.2, 0.25) is 0 Å². The summed E-state index contributed by atoms with van der Waals surface area (Å²) < 4.78 is 24.3. The van der Waals surface area contributed by atoms with E-state index in [4.69, 9.17) is 18.6 Å². The van der Waals surface area contributed by atoms with E-state index in [1.807, 2.05) is 12.1 Å². The SMILES string of the molecule is COc1ccc(N[C@@H](c2ccccc2)c2ccccc2CC2OCC[C@@H](CO[Si](C)(C)C(C)(C)C)O2)cc1. The molecule has 0 radical (unpaired) electrons. The van der Waals surface area contributed by atoms with Crippen molar-refractivity contribution in [2.75, 3.05) is 25.6 Å². The number of nitrogens with one attached hydrogen (secondary N) is 1. The van der Waals surface area contributed by atoms with E-state index in [-0.39, 0.29) is 23.5 Å². The van der Waals surface area contributed by atoms with Gasteiger partial charge in [0.15, 0.2) is 14.6 Å². The molecule has 204 valence electrons. The number of benzene rings is 3. The van der Waals surface area contributed by atoms with Gasteiger partial charge in [0.1, 0.15) is 5.75 Å². The zero-order chi connectivity index (χ0) is 27.2. The summed E-state index contributed by atoms with van der Waals surface area (Å²) in [5, 5.41) is 3.93. The molecule has 0 aromatic heterocycles. The van der Waals surface area contributed by atoms with Gasteiger partial charge in [0, 0.05) is 12.1 Å². The van der Waals surface area contributed by atoms with Crippen molar-refractivity contribution in [3.05, 3.63) is 95.6 Å². The lowest BCUT2D eigenvalue weighted by Gasteiger charge is -2.38. The van der Waals surface area contributed by atoms with Gasteiger partial charge in [0.05, 0.1) is 32.5 Å². The number of methoxy groups -OCH3 is 1. The van der Waals surface area contributed by atoms with Gasteiger partial charge in [-0.25, -0.2) is 0 Å². The maximum absolute atomic E-state index is 6.47. The van der Waals surface area contributed by atoms with Crippen molar-refractivity contribution in [2.45, 2.75) is 70.2 Å². The molecule has 3 atom stereocenters. The van der Waals surface area contributed by atoms with Gasteiger partial charge in [-0.05, 0) is 65.5 Å². The predicted molar refractivity (Wildman–Crippen MR) is 157 cm³/mol. The minimum absolute atomic E-state index is 0.0258. The van der Waals surface area contributed by atoms with Crippen LogP contribution in [-0.4, -0.2) is 41.0 Å². The maximum Gasteiger partial charge on any atom is 0.192 e. The topological polar surface area (TPSA) is 49.0 Å². The molecule has 38 heavy (non-hydrogen) atoms. The summed E-state index contributed by atoms with van der Waals surface area (Å²) >= 11 is 0. The maximum atomic E-state index is 6.47. The van der Waals surface area contributed by atoms with E-state index in [0.717, 1.165) is 17.9 Å².